The van der Waals surface area contributed by atoms with Crippen molar-refractivity contribution in [1.82, 2.24) is 10.3 Å². The summed E-state index contributed by atoms with van der Waals surface area (Å²) in [4.78, 5) is 27.1. The van der Waals surface area contributed by atoms with E-state index in [4.69, 9.17) is 0 Å². The second-order valence-corrected chi connectivity index (χ2v) is 6.08. The maximum Gasteiger partial charge on any atom is 0.261 e. The number of rotatable bonds is 4. The lowest BCUT2D eigenvalue weighted by molar-refractivity contribution is 0.0949. The van der Waals surface area contributed by atoms with Crippen molar-refractivity contribution in [3.63, 3.8) is 0 Å². The fourth-order valence-corrected chi connectivity index (χ4v) is 2.97. The number of carbonyl (C=O) groups excluding carboxylic acids is 1. The highest BCUT2D eigenvalue weighted by molar-refractivity contribution is 7.07. The van der Waals surface area contributed by atoms with E-state index >= 15 is 0 Å². The summed E-state index contributed by atoms with van der Waals surface area (Å²) in [7, 11) is 0. The number of hydrogen-bond donors (Lipinski definition) is 2. The zero-order chi connectivity index (χ0) is 16.2. The molecule has 0 unspecified atom stereocenters. The van der Waals surface area contributed by atoms with Gasteiger partial charge < -0.3 is 10.3 Å². The van der Waals surface area contributed by atoms with Gasteiger partial charge in [-0.1, -0.05) is 23.8 Å². The highest BCUT2D eigenvalue weighted by Gasteiger charge is 2.11. The van der Waals surface area contributed by atoms with Gasteiger partial charge in [-0.25, -0.2) is 0 Å². The highest BCUT2D eigenvalue weighted by Crippen LogP contribution is 2.17. The number of H-pyrrole nitrogens is 1. The Morgan fingerprint density at radius 3 is 2.78 bits per heavy atom. The van der Waals surface area contributed by atoms with Crippen LogP contribution in [0, 0.1) is 6.92 Å². The van der Waals surface area contributed by atoms with Gasteiger partial charge in [0.25, 0.3) is 11.5 Å². The summed E-state index contributed by atoms with van der Waals surface area (Å²) in [6.45, 7) is 2.41. The first kappa shape index (κ1) is 15.2. The van der Waals surface area contributed by atoms with E-state index in [1.165, 1.54) is 0 Å². The van der Waals surface area contributed by atoms with E-state index < -0.39 is 0 Å². The third kappa shape index (κ3) is 3.57. The average Bonchev–Trinajstić information content (AvgIpc) is 3.06. The van der Waals surface area contributed by atoms with Crippen LogP contribution < -0.4 is 10.9 Å². The van der Waals surface area contributed by atoms with E-state index in [1.54, 1.807) is 23.5 Å². The molecule has 0 fully saturated rings. The second kappa shape index (κ2) is 6.62. The molecule has 23 heavy (non-hydrogen) atoms. The third-order valence-electron chi connectivity index (χ3n) is 3.52. The van der Waals surface area contributed by atoms with Crippen LogP contribution in [0.5, 0.6) is 0 Å². The van der Waals surface area contributed by atoms with E-state index in [1.807, 2.05) is 48.0 Å². The quantitative estimate of drug-likeness (QED) is 0.773. The van der Waals surface area contributed by atoms with Crippen molar-refractivity contribution in [2.75, 3.05) is 0 Å². The molecule has 2 N–H and O–H groups in total. The van der Waals surface area contributed by atoms with E-state index in [9.17, 15) is 9.59 Å². The van der Waals surface area contributed by atoms with Crippen LogP contribution in [-0.4, -0.2) is 10.9 Å². The lowest BCUT2D eigenvalue weighted by Crippen LogP contribution is -2.29. The smallest absolute Gasteiger partial charge is 0.261 e. The number of aryl methyl sites for hydroxylation is 1. The molecule has 116 valence electrons. The maximum absolute atomic E-state index is 12.2. The van der Waals surface area contributed by atoms with Crippen molar-refractivity contribution in [3.05, 3.63) is 80.3 Å². The second-order valence-electron chi connectivity index (χ2n) is 5.30. The Kier molecular flexibility index (Phi) is 4.39. The van der Waals surface area contributed by atoms with Crippen LogP contribution in [0.25, 0.3) is 11.3 Å². The first-order chi connectivity index (χ1) is 11.1. The fraction of sp³-hybridized carbons (Fsp3) is 0.111. The van der Waals surface area contributed by atoms with Gasteiger partial charge in [0.15, 0.2) is 0 Å². The number of hydrogen-bond acceptors (Lipinski definition) is 3. The van der Waals surface area contributed by atoms with Crippen LogP contribution >= 0.6 is 11.3 Å². The summed E-state index contributed by atoms with van der Waals surface area (Å²) in [6.07, 6.45) is 0. The number of carbonyl (C=O) groups is 1. The molecule has 0 aliphatic heterocycles. The van der Waals surface area contributed by atoms with E-state index in [-0.39, 0.29) is 17.0 Å². The van der Waals surface area contributed by atoms with Crippen LogP contribution in [0.15, 0.2) is 58.0 Å². The molecular weight excluding hydrogens is 308 g/mol. The summed E-state index contributed by atoms with van der Waals surface area (Å²) < 4.78 is 0. The number of thiophene rings is 1. The maximum atomic E-state index is 12.2. The van der Waals surface area contributed by atoms with Crippen LogP contribution in [-0.2, 0) is 6.54 Å². The normalized spacial score (nSPS) is 10.5. The average molecular weight is 324 g/mol. The number of aromatic nitrogens is 1. The van der Waals surface area contributed by atoms with Gasteiger partial charge in [-0.3, -0.25) is 9.59 Å². The Labute approximate surface area is 137 Å². The van der Waals surface area contributed by atoms with Gasteiger partial charge in [0.05, 0.1) is 0 Å². The van der Waals surface area contributed by atoms with Crippen molar-refractivity contribution >= 4 is 17.2 Å². The number of aromatic amines is 1. The highest BCUT2D eigenvalue weighted by atomic mass is 32.1. The van der Waals surface area contributed by atoms with Gasteiger partial charge in [0.2, 0.25) is 0 Å². The lowest BCUT2D eigenvalue weighted by atomic mass is 10.1. The first-order valence-corrected chi connectivity index (χ1v) is 8.17. The molecule has 4 nitrogen and oxygen atoms in total. The molecule has 0 aliphatic rings. The first-order valence-electron chi connectivity index (χ1n) is 7.23. The summed E-state index contributed by atoms with van der Waals surface area (Å²) >= 11 is 1.57. The molecule has 0 atom stereocenters. The van der Waals surface area contributed by atoms with Gasteiger partial charge in [0.1, 0.15) is 5.56 Å². The van der Waals surface area contributed by atoms with E-state index in [0.717, 1.165) is 16.7 Å². The standard InChI is InChI=1S/C18H16N2O2S/c1-12-3-2-4-14(9-12)16-6-5-15(18(22)20-16)17(21)19-10-13-7-8-23-11-13/h2-9,11H,10H2,1H3,(H,19,21)(H,20,22). The molecule has 0 bridgehead atoms. The molecule has 0 saturated carbocycles. The molecule has 5 heteroatoms. The van der Waals surface area contributed by atoms with E-state index in [0.29, 0.717) is 12.2 Å². The molecule has 3 rings (SSSR count). The molecule has 0 radical (unpaired) electrons. The SMILES string of the molecule is Cc1cccc(-c2ccc(C(=O)NCc3ccsc3)c(=O)[nH]2)c1. The molecule has 2 aromatic heterocycles. The number of amides is 1. The number of pyridine rings is 1. The van der Waals surface area contributed by atoms with Crippen LogP contribution in [0.2, 0.25) is 0 Å². The van der Waals surface area contributed by atoms with Crippen molar-refractivity contribution in [3.8, 4) is 11.3 Å². The molecule has 0 saturated heterocycles. The largest absolute Gasteiger partial charge is 0.348 e. The summed E-state index contributed by atoms with van der Waals surface area (Å²) in [5.74, 6) is -0.367. The van der Waals surface area contributed by atoms with Gasteiger partial charge in [-0.2, -0.15) is 11.3 Å². The number of benzene rings is 1. The zero-order valence-corrected chi connectivity index (χ0v) is 13.4. The van der Waals surface area contributed by atoms with Crippen LogP contribution in [0.3, 0.4) is 0 Å². The van der Waals surface area contributed by atoms with Crippen molar-refractivity contribution < 1.29 is 4.79 Å². The Morgan fingerprint density at radius 2 is 2.09 bits per heavy atom. The summed E-state index contributed by atoms with van der Waals surface area (Å²) in [5, 5.41) is 6.67. The minimum Gasteiger partial charge on any atom is -0.348 e. The predicted molar refractivity (Wildman–Crippen MR) is 92.7 cm³/mol. The predicted octanol–water partition coefficient (Wildman–Crippen LogP) is 3.34. The minimum absolute atomic E-state index is 0.122. The Bertz CT molecular complexity index is 882. The molecule has 1 aromatic carbocycles. The van der Waals surface area contributed by atoms with E-state index in [2.05, 4.69) is 10.3 Å². The lowest BCUT2D eigenvalue weighted by Gasteiger charge is -2.06. The summed E-state index contributed by atoms with van der Waals surface area (Å²) in [6, 6.07) is 13.1. The third-order valence-corrected chi connectivity index (χ3v) is 4.25. The fourth-order valence-electron chi connectivity index (χ4n) is 2.30. The molecule has 0 aliphatic carbocycles. The van der Waals surface area contributed by atoms with Gasteiger partial charge in [-0.05, 0) is 53.1 Å². The molecule has 3 aromatic rings. The topological polar surface area (TPSA) is 62.0 Å². The Balaban J connectivity index is 1.79. The monoisotopic (exact) mass is 324 g/mol. The Morgan fingerprint density at radius 1 is 1.22 bits per heavy atom. The Hall–Kier alpha value is -2.66. The zero-order valence-electron chi connectivity index (χ0n) is 12.6. The molecule has 2 heterocycles. The van der Waals surface area contributed by atoms with Gasteiger partial charge in [-0.15, -0.1) is 0 Å². The molecular formula is C18H16N2O2S. The van der Waals surface area contributed by atoms with Crippen LogP contribution in [0.4, 0.5) is 0 Å². The van der Waals surface area contributed by atoms with Gasteiger partial charge >= 0.3 is 0 Å². The minimum atomic E-state index is -0.383. The molecule has 0 spiro atoms. The van der Waals surface area contributed by atoms with Gasteiger partial charge in [0, 0.05) is 12.2 Å². The summed E-state index contributed by atoms with van der Waals surface area (Å²) in [5.41, 5.74) is 3.50. The number of nitrogens with one attached hydrogen (secondary N) is 2. The van der Waals surface area contributed by atoms with Crippen molar-refractivity contribution in [2.24, 2.45) is 0 Å². The molecule has 1 amide bonds. The van der Waals surface area contributed by atoms with Crippen molar-refractivity contribution in [1.29, 1.82) is 0 Å². The van der Waals surface area contributed by atoms with Crippen molar-refractivity contribution in [2.45, 2.75) is 13.5 Å². The van der Waals surface area contributed by atoms with Crippen LogP contribution in [0.1, 0.15) is 21.5 Å².